The summed E-state index contributed by atoms with van der Waals surface area (Å²) in [6, 6.07) is 17.2. The number of fused-ring (bicyclic) bond motifs is 1. The third-order valence-electron chi connectivity index (χ3n) is 4.61. The molecule has 5 heteroatoms. The number of anilines is 2. The van der Waals surface area contributed by atoms with Crippen LogP contribution in [0.2, 0.25) is 0 Å². The molecule has 1 N–H and O–H groups in total. The van der Waals surface area contributed by atoms with Gasteiger partial charge in [0.25, 0.3) is 0 Å². The lowest BCUT2D eigenvalue weighted by atomic mass is 10.1. The largest absolute Gasteiger partial charge is 0.324 e. The van der Waals surface area contributed by atoms with Gasteiger partial charge in [-0.15, -0.1) is 0 Å². The minimum atomic E-state index is -0.123. The summed E-state index contributed by atoms with van der Waals surface area (Å²) in [7, 11) is 0. The summed E-state index contributed by atoms with van der Waals surface area (Å²) in [6.45, 7) is 0.693. The maximum atomic E-state index is 12.6. The van der Waals surface area contributed by atoms with Crippen LogP contribution in [-0.4, -0.2) is 23.3 Å². The van der Waals surface area contributed by atoms with E-state index < -0.39 is 0 Å². The van der Waals surface area contributed by atoms with E-state index in [0.717, 1.165) is 28.6 Å². The summed E-state index contributed by atoms with van der Waals surface area (Å²) >= 11 is 0. The topological polar surface area (TPSA) is 62.3 Å². The van der Waals surface area contributed by atoms with E-state index in [1.807, 2.05) is 54.6 Å². The zero-order valence-electron chi connectivity index (χ0n) is 14.3. The predicted octanol–water partition coefficient (Wildman–Crippen LogP) is 3.54. The summed E-state index contributed by atoms with van der Waals surface area (Å²) in [6.07, 6.45) is 3.38. The Morgan fingerprint density at radius 1 is 1.08 bits per heavy atom. The molecule has 0 atom stereocenters. The Labute approximate surface area is 151 Å². The highest BCUT2D eigenvalue weighted by Gasteiger charge is 2.24. The smallest absolute Gasteiger partial charge is 0.228 e. The quantitative estimate of drug-likeness (QED) is 0.787. The van der Waals surface area contributed by atoms with Crippen LogP contribution in [0, 0.1) is 0 Å². The van der Waals surface area contributed by atoms with E-state index in [1.54, 1.807) is 11.1 Å². The highest BCUT2D eigenvalue weighted by molar-refractivity contribution is 6.03. The second-order valence-corrected chi connectivity index (χ2v) is 6.38. The molecule has 0 aliphatic carbocycles. The molecule has 1 saturated heterocycles. The Hall–Kier alpha value is -3.21. The molecule has 2 aromatic carbocycles. The van der Waals surface area contributed by atoms with Gasteiger partial charge in [-0.25, -0.2) is 0 Å². The van der Waals surface area contributed by atoms with Crippen LogP contribution in [0.15, 0.2) is 60.8 Å². The van der Waals surface area contributed by atoms with Crippen LogP contribution in [0.3, 0.4) is 0 Å². The number of amides is 2. The molecule has 0 unspecified atom stereocenters. The molecule has 0 bridgehead atoms. The first-order valence-corrected chi connectivity index (χ1v) is 8.74. The molecule has 0 radical (unpaired) electrons. The van der Waals surface area contributed by atoms with Crippen LogP contribution in [0.1, 0.15) is 18.4 Å². The monoisotopic (exact) mass is 345 g/mol. The Morgan fingerprint density at radius 3 is 2.77 bits per heavy atom. The maximum absolute atomic E-state index is 12.6. The molecule has 5 nitrogen and oxygen atoms in total. The second kappa shape index (κ2) is 6.96. The SMILES string of the molecule is O=C(Cc1cccc2cccnc12)Nc1ccccc1N1CCCC1=O. The number of benzene rings is 2. The van der Waals surface area contributed by atoms with Gasteiger partial charge < -0.3 is 10.2 Å². The highest BCUT2D eigenvalue weighted by atomic mass is 16.2. The first-order valence-electron chi connectivity index (χ1n) is 8.74. The van der Waals surface area contributed by atoms with Gasteiger partial charge >= 0.3 is 0 Å². The molecular weight excluding hydrogens is 326 g/mol. The van der Waals surface area contributed by atoms with Gasteiger partial charge in [0.15, 0.2) is 0 Å². The van der Waals surface area contributed by atoms with Gasteiger partial charge in [0, 0.05) is 24.5 Å². The van der Waals surface area contributed by atoms with E-state index in [1.165, 1.54) is 0 Å². The van der Waals surface area contributed by atoms with Gasteiger partial charge in [0.1, 0.15) is 0 Å². The van der Waals surface area contributed by atoms with Crippen molar-refractivity contribution in [1.82, 2.24) is 4.98 Å². The predicted molar refractivity (Wildman–Crippen MR) is 102 cm³/mol. The molecule has 2 heterocycles. The van der Waals surface area contributed by atoms with Crippen LogP contribution in [-0.2, 0) is 16.0 Å². The summed E-state index contributed by atoms with van der Waals surface area (Å²) in [5.41, 5.74) is 3.16. The molecule has 1 aliphatic heterocycles. The molecule has 0 spiro atoms. The fourth-order valence-corrected chi connectivity index (χ4v) is 3.39. The fraction of sp³-hybridized carbons (Fsp3) is 0.190. The van der Waals surface area contributed by atoms with Crippen LogP contribution >= 0.6 is 0 Å². The van der Waals surface area contributed by atoms with E-state index in [4.69, 9.17) is 0 Å². The van der Waals surface area contributed by atoms with Crippen LogP contribution in [0.5, 0.6) is 0 Å². The Morgan fingerprint density at radius 2 is 1.92 bits per heavy atom. The lowest BCUT2D eigenvalue weighted by Crippen LogP contribution is -2.26. The summed E-state index contributed by atoms with van der Waals surface area (Å²) in [5, 5.41) is 3.98. The highest BCUT2D eigenvalue weighted by Crippen LogP contribution is 2.29. The number of hydrogen-bond donors (Lipinski definition) is 1. The van der Waals surface area contributed by atoms with Gasteiger partial charge in [-0.1, -0.05) is 36.4 Å². The molecule has 1 fully saturated rings. The van der Waals surface area contributed by atoms with E-state index >= 15 is 0 Å². The third-order valence-corrected chi connectivity index (χ3v) is 4.61. The zero-order valence-corrected chi connectivity index (χ0v) is 14.3. The lowest BCUT2D eigenvalue weighted by molar-refractivity contribution is -0.117. The number of nitrogens with one attached hydrogen (secondary N) is 1. The van der Waals surface area contributed by atoms with Crippen LogP contribution in [0.4, 0.5) is 11.4 Å². The summed E-state index contributed by atoms with van der Waals surface area (Å²) in [5.74, 6) is -0.0211. The number of hydrogen-bond acceptors (Lipinski definition) is 3. The van der Waals surface area contributed by atoms with Crippen molar-refractivity contribution in [3.63, 3.8) is 0 Å². The Balaban J connectivity index is 1.56. The van der Waals surface area contributed by atoms with Gasteiger partial charge in [-0.2, -0.15) is 0 Å². The average Bonchev–Trinajstić information content (AvgIpc) is 3.08. The molecular formula is C21H19N3O2. The average molecular weight is 345 g/mol. The van der Waals surface area contributed by atoms with Crippen molar-refractivity contribution in [1.29, 1.82) is 0 Å². The first kappa shape index (κ1) is 16.3. The first-order chi connectivity index (χ1) is 12.7. The van der Waals surface area contributed by atoms with Crippen molar-refractivity contribution in [2.45, 2.75) is 19.3 Å². The number of rotatable bonds is 4. The number of pyridine rings is 1. The molecule has 1 aromatic heterocycles. The molecule has 26 heavy (non-hydrogen) atoms. The summed E-state index contributed by atoms with van der Waals surface area (Å²) < 4.78 is 0. The lowest BCUT2D eigenvalue weighted by Gasteiger charge is -2.20. The van der Waals surface area contributed by atoms with Crippen LogP contribution in [0.25, 0.3) is 10.9 Å². The van der Waals surface area contributed by atoms with Crippen molar-refractivity contribution in [2.75, 3.05) is 16.8 Å². The molecule has 1 aliphatic rings. The normalized spacial score (nSPS) is 14.0. The van der Waals surface area contributed by atoms with Crippen molar-refractivity contribution >= 4 is 34.1 Å². The van der Waals surface area contributed by atoms with Crippen molar-refractivity contribution < 1.29 is 9.59 Å². The standard InChI is InChI=1S/C21H19N3O2/c25-19(14-16-7-3-6-15-8-4-12-22-21(15)16)23-17-9-1-2-10-18(17)24-13-5-11-20(24)26/h1-4,6-10,12H,5,11,13-14H2,(H,23,25). The number of carbonyl (C=O) groups excluding carboxylic acids is 2. The number of para-hydroxylation sites is 3. The van der Waals surface area contributed by atoms with E-state index in [9.17, 15) is 9.59 Å². The Kier molecular flexibility index (Phi) is 4.35. The van der Waals surface area contributed by atoms with Gasteiger partial charge in [0.05, 0.1) is 23.3 Å². The number of nitrogens with zero attached hydrogens (tertiary/aromatic N) is 2. The third kappa shape index (κ3) is 3.16. The van der Waals surface area contributed by atoms with E-state index in [2.05, 4.69) is 10.3 Å². The Bertz CT molecular complexity index is 978. The minimum absolute atomic E-state index is 0.102. The molecule has 3 aromatic rings. The van der Waals surface area contributed by atoms with Gasteiger partial charge in [-0.05, 0) is 30.2 Å². The van der Waals surface area contributed by atoms with E-state index in [-0.39, 0.29) is 18.2 Å². The molecule has 4 rings (SSSR count). The van der Waals surface area contributed by atoms with Crippen molar-refractivity contribution in [3.8, 4) is 0 Å². The van der Waals surface area contributed by atoms with Gasteiger partial charge in [-0.3, -0.25) is 14.6 Å². The van der Waals surface area contributed by atoms with Gasteiger partial charge in [0.2, 0.25) is 11.8 Å². The molecule has 130 valence electrons. The second-order valence-electron chi connectivity index (χ2n) is 6.38. The van der Waals surface area contributed by atoms with Crippen molar-refractivity contribution in [3.05, 3.63) is 66.4 Å². The summed E-state index contributed by atoms with van der Waals surface area (Å²) in [4.78, 5) is 30.8. The zero-order chi connectivity index (χ0) is 17.9. The fourth-order valence-electron chi connectivity index (χ4n) is 3.39. The van der Waals surface area contributed by atoms with Crippen molar-refractivity contribution in [2.24, 2.45) is 0 Å². The molecule has 0 saturated carbocycles. The number of carbonyl (C=O) groups is 2. The van der Waals surface area contributed by atoms with Crippen LogP contribution < -0.4 is 10.2 Å². The molecule has 2 amide bonds. The minimum Gasteiger partial charge on any atom is -0.324 e. The number of aromatic nitrogens is 1. The maximum Gasteiger partial charge on any atom is 0.228 e. The van der Waals surface area contributed by atoms with E-state index in [0.29, 0.717) is 18.7 Å².